The molecule has 0 aromatic heterocycles. The number of carbonyl (C=O) groups is 1. The predicted octanol–water partition coefficient (Wildman–Crippen LogP) is 2.97. The van der Waals surface area contributed by atoms with E-state index in [9.17, 15) is 23.3 Å². The molecule has 0 saturated carbocycles. The second-order valence-electron chi connectivity index (χ2n) is 5.22. The number of ether oxygens (including phenoxy) is 1. The highest BCUT2D eigenvalue weighted by atomic mass is 32.2. The molecular formula is C16H16N2O6S2. The Bertz CT molecular complexity index is 926. The zero-order valence-electron chi connectivity index (χ0n) is 14.0. The number of nitro groups is 1. The molecule has 138 valence electrons. The fraction of sp³-hybridized carbons (Fsp3) is 0.188. The third-order valence-corrected chi connectivity index (χ3v) is 5.75. The Balaban J connectivity index is 2.27. The second kappa shape index (κ2) is 8.19. The maximum absolute atomic E-state index is 12.4. The second-order valence-corrected chi connectivity index (χ2v) is 7.92. The molecule has 0 aliphatic rings. The van der Waals surface area contributed by atoms with E-state index in [1.807, 2.05) is 6.92 Å². The summed E-state index contributed by atoms with van der Waals surface area (Å²) in [7, 11) is -2.65. The lowest BCUT2D eigenvalue weighted by atomic mass is 10.2. The van der Waals surface area contributed by atoms with Crippen molar-refractivity contribution in [2.45, 2.75) is 16.7 Å². The smallest absolute Gasteiger partial charge is 0.315 e. The van der Waals surface area contributed by atoms with Crippen molar-refractivity contribution in [1.29, 1.82) is 0 Å². The topological polar surface area (TPSA) is 116 Å². The summed E-state index contributed by atoms with van der Waals surface area (Å²) in [6.45, 7) is 1.83. The van der Waals surface area contributed by atoms with Crippen LogP contribution in [0.4, 0.5) is 11.4 Å². The van der Waals surface area contributed by atoms with E-state index in [4.69, 9.17) is 0 Å². The van der Waals surface area contributed by atoms with Crippen molar-refractivity contribution in [3.8, 4) is 0 Å². The van der Waals surface area contributed by atoms with Crippen LogP contribution in [0.5, 0.6) is 0 Å². The fourth-order valence-electron chi connectivity index (χ4n) is 1.97. The predicted molar refractivity (Wildman–Crippen MR) is 97.8 cm³/mol. The van der Waals surface area contributed by atoms with Crippen LogP contribution in [0.3, 0.4) is 0 Å². The number of benzene rings is 2. The maximum Gasteiger partial charge on any atom is 0.315 e. The number of esters is 1. The van der Waals surface area contributed by atoms with Gasteiger partial charge in [-0.25, -0.2) is 8.42 Å². The van der Waals surface area contributed by atoms with E-state index in [0.717, 1.165) is 23.4 Å². The Morgan fingerprint density at radius 2 is 1.88 bits per heavy atom. The fourth-order valence-corrected chi connectivity index (χ4v) is 3.86. The molecule has 0 atom stereocenters. The molecule has 26 heavy (non-hydrogen) atoms. The van der Waals surface area contributed by atoms with Crippen molar-refractivity contribution in [3.63, 3.8) is 0 Å². The molecule has 0 amide bonds. The van der Waals surface area contributed by atoms with E-state index in [0.29, 0.717) is 0 Å². The van der Waals surface area contributed by atoms with E-state index in [1.54, 1.807) is 12.1 Å². The summed E-state index contributed by atoms with van der Waals surface area (Å²) in [5, 5.41) is 11.3. The first-order chi connectivity index (χ1) is 12.2. The molecule has 0 bridgehead atoms. The number of nitro benzene ring substituents is 1. The molecule has 1 N–H and O–H groups in total. The van der Waals surface area contributed by atoms with Crippen LogP contribution in [-0.2, 0) is 19.6 Å². The van der Waals surface area contributed by atoms with Crippen LogP contribution in [0.25, 0.3) is 0 Å². The Morgan fingerprint density at radius 1 is 1.23 bits per heavy atom. The van der Waals surface area contributed by atoms with Crippen LogP contribution in [0, 0.1) is 17.0 Å². The van der Waals surface area contributed by atoms with Gasteiger partial charge in [0.1, 0.15) is 0 Å². The van der Waals surface area contributed by atoms with Gasteiger partial charge >= 0.3 is 5.97 Å². The Labute approximate surface area is 154 Å². The number of aryl methyl sites for hydroxylation is 1. The van der Waals surface area contributed by atoms with Gasteiger partial charge in [0.15, 0.2) is 0 Å². The molecule has 0 fully saturated rings. The molecule has 2 rings (SSSR count). The molecular weight excluding hydrogens is 380 g/mol. The van der Waals surface area contributed by atoms with Crippen molar-refractivity contribution in [2.24, 2.45) is 0 Å². The number of carbonyl (C=O) groups excluding carboxylic acids is 1. The van der Waals surface area contributed by atoms with Gasteiger partial charge in [0.2, 0.25) is 0 Å². The number of nitrogens with one attached hydrogen (secondary N) is 1. The number of hydrogen-bond acceptors (Lipinski definition) is 7. The number of rotatable bonds is 7. The lowest BCUT2D eigenvalue weighted by Crippen LogP contribution is -2.13. The lowest BCUT2D eigenvalue weighted by Gasteiger charge is -2.09. The Kier molecular flexibility index (Phi) is 6.22. The van der Waals surface area contributed by atoms with Crippen molar-refractivity contribution in [2.75, 3.05) is 17.6 Å². The molecule has 0 aliphatic heterocycles. The van der Waals surface area contributed by atoms with E-state index >= 15 is 0 Å². The average Bonchev–Trinajstić information content (AvgIpc) is 2.60. The molecule has 0 saturated heterocycles. The SMILES string of the molecule is COC(=O)CSc1ccc(NS(=O)(=O)c2ccc(C)cc2)cc1[N+](=O)[O-]. The normalized spacial score (nSPS) is 11.0. The highest BCUT2D eigenvalue weighted by Gasteiger charge is 2.20. The van der Waals surface area contributed by atoms with Crippen LogP contribution < -0.4 is 4.72 Å². The Hall–Kier alpha value is -2.59. The van der Waals surface area contributed by atoms with Gasteiger partial charge in [-0.2, -0.15) is 0 Å². The van der Waals surface area contributed by atoms with E-state index < -0.39 is 20.9 Å². The largest absolute Gasteiger partial charge is 0.468 e. The number of nitrogens with zero attached hydrogens (tertiary/aromatic N) is 1. The third kappa shape index (κ3) is 4.96. The molecule has 0 spiro atoms. The minimum absolute atomic E-state index is 0.0508. The van der Waals surface area contributed by atoms with Gasteiger partial charge in [-0.15, -0.1) is 11.8 Å². The minimum Gasteiger partial charge on any atom is -0.468 e. The van der Waals surface area contributed by atoms with Crippen LogP contribution in [0.2, 0.25) is 0 Å². The van der Waals surface area contributed by atoms with Crippen LogP contribution in [0.15, 0.2) is 52.3 Å². The summed E-state index contributed by atoms with van der Waals surface area (Å²) >= 11 is 0.939. The standard InChI is InChI=1S/C16H16N2O6S2/c1-11-3-6-13(7-4-11)26(22,23)17-12-5-8-15(14(9-12)18(20)21)25-10-16(19)24-2/h3-9,17H,10H2,1-2H3. The zero-order chi connectivity index (χ0) is 19.3. The summed E-state index contributed by atoms with van der Waals surface area (Å²) < 4.78 is 31.6. The molecule has 2 aromatic rings. The molecule has 2 aromatic carbocycles. The summed E-state index contributed by atoms with van der Waals surface area (Å²) in [5.41, 5.74) is 0.661. The van der Waals surface area contributed by atoms with Crippen molar-refractivity contribution >= 4 is 39.1 Å². The number of anilines is 1. The maximum atomic E-state index is 12.4. The quantitative estimate of drug-likeness (QED) is 0.331. The van der Waals surface area contributed by atoms with Crippen molar-refractivity contribution < 1.29 is 22.9 Å². The third-order valence-electron chi connectivity index (χ3n) is 3.31. The van der Waals surface area contributed by atoms with Gasteiger partial charge in [0.05, 0.1) is 33.3 Å². The van der Waals surface area contributed by atoms with Crippen LogP contribution >= 0.6 is 11.8 Å². The molecule has 8 nitrogen and oxygen atoms in total. The average molecular weight is 396 g/mol. The van der Waals surface area contributed by atoms with Gasteiger partial charge < -0.3 is 4.74 Å². The first-order valence-electron chi connectivity index (χ1n) is 7.30. The van der Waals surface area contributed by atoms with E-state index in [1.165, 1.54) is 31.4 Å². The number of sulfonamides is 1. The monoisotopic (exact) mass is 396 g/mol. The lowest BCUT2D eigenvalue weighted by molar-refractivity contribution is -0.387. The highest BCUT2D eigenvalue weighted by Crippen LogP contribution is 2.32. The zero-order valence-corrected chi connectivity index (χ0v) is 15.6. The summed E-state index contributed by atoms with van der Waals surface area (Å²) in [6, 6.07) is 10.1. The summed E-state index contributed by atoms with van der Waals surface area (Å²) in [6.07, 6.45) is 0. The number of methoxy groups -OCH3 is 1. The molecule has 0 unspecified atom stereocenters. The van der Waals surface area contributed by atoms with E-state index in [2.05, 4.69) is 9.46 Å². The molecule has 10 heteroatoms. The van der Waals surface area contributed by atoms with E-state index in [-0.39, 0.29) is 26.9 Å². The van der Waals surface area contributed by atoms with Crippen molar-refractivity contribution in [1.82, 2.24) is 0 Å². The number of hydrogen-bond donors (Lipinski definition) is 1. The summed E-state index contributed by atoms with van der Waals surface area (Å²) in [4.78, 5) is 22.1. The van der Waals surface area contributed by atoms with Gasteiger partial charge in [0, 0.05) is 6.07 Å². The van der Waals surface area contributed by atoms with Gasteiger partial charge in [-0.1, -0.05) is 17.7 Å². The highest BCUT2D eigenvalue weighted by molar-refractivity contribution is 8.00. The van der Waals surface area contributed by atoms with Crippen LogP contribution in [-0.4, -0.2) is 32.2 Å². The van der Waals surface area contributed by atoms with Gasteiger partial charge in [-0.05, 0) is 31.2 Å². The van der Waals surface area contributed by atoms with Gasteiger partial charge in [-0.3, -0.25) is 19.6 Å². The molecule has 0 radical (unpaired) electrons. The van der Waals surface area contributed by atoms with Gasteiger partial charge in [0.25, 0.3) is 15.7 Å². The molecule has 0 aliphatic carbocycles. The van der Waals surface area contributed by atoms with Crippen LogP contribution in [0.1, 0.15) is 5.56 Å². The number of thioether (sulfide) groups is 1. The molecule has 0 heterocycles. The Morgan fingerprint density at radius 3 is 2.46 bits per heavy atom. The first-order valence-corrected chi connectivity index (χ1v) is 9.77. The van der Waals surface area contributed by atoms with Crippen molar-refractivity contribution in [3.05, 3.63) is 58.1 Å². The summed E-state index contributed by atoms with van der Waals surface area (Å²) in [5.74, 6) is -0.611. The first kappa shape index (κ1) is 19.7. The minimum atomic E-state index is -3.87.